The fourth-order valence-electron chi connectivity index (χ4n) is 1.84. The predicted octanol–water partition coefficient (Wildman–Crippen LogP) is 1.77. The van der Waals surface area contributed by atoms with Gasteiger partial charge in [-0.3, -0.25) is 19.7 Å². The summed E-state index contributed by atoms with van der Waals surface area (Å²) in [6, 6.07) is 5.62. The van der Waals surface area contributed by atoms with Gasteiger partial charge in [-0.25, -0.2) is 0 Å². The summed E-state index contributed by atoms with van der Waals surface area (Å²) in [5, 5.41) is 24.8. The number of carbonyl (C=O) groups excluding carboxylic acids is 1. The second kappa shape index (κ2) is 8.60. The number of carbonyl (C=O) groups is 2. The van der Waals surface area contributed by atoms with Gasteiger partial charge in [0.2, 0.25) is 5.91 Å². The van der Waals surface area contributed by atoms with Crippen LogP contribution in [0.4, 0.5) is 11.4 Å². The fourth-order valence-corrected chi connectivity index (χ4v) is 1.84. The normalized spacial score (nSPS) is 11.5. The Hall–Kier alpha value is -2.64. The molecule has 3 N–H and O–H groups in total. The first-order valence-electron chi connectivity index (χ1n) is 6.88. The second-order valence-electron chi connectivity index (χ2n) is 4.90. The van der Waals surface area contributed by atoms with Crippen LogP contribution in [0.2, 0.25) is 0 Å². The highest BCUT2D eigenvalue weighted by Gasteiger charge is 2.10. The molecule has 0 spiro atoms. The Kier molecular flexibility index (Phi) is 6.81. The van der Waals surface area contributed by atoms with Gasteiger partial charge in [0.15, 0.2) is 0 Å². The van der Waals surface area contributed by atoms with E-state index in [2.05, 4.69) is 10.6 Å². The molecule has 0 saturated heterocycles. The van der Waals surface area contributed by atoms with Crippen LogP contribution in [0, 0.1) is 10.1 Å². The zero-order chi connectivity index (χ0) is 16.5. The maximum Gasteiger partial charge on any atom is 0.305 e. The van der Waals surface area contributed by atoms with Crippen LogP contribution in [-0.2, 0) is 9.59 Å². The summed E-state index contributed by atoms with van der Waals surface area (Å²) in [4.78, 5) is 32.1. The van der Waals surface area contributed by atoms with Crippen molar-refractivity contribution in [3.63, 3.8) is 0 Å². The van der Waals surface area contributed by atoms with Crippen LogP contribution in [-0.4, -0.2) is 34.5 Å². The van der Waals surface area contributed by atoms with Gasteiger partial charge in [-0.2, -0.15) is 0 Å². The van der Waals surface area contributed by atoms with E-state index in [0.717, 1.165) is 5.69 Å². The van der Waals surface area contributed by atoms with E-state index in [4.69, 9.17) is 5.11 Å². The SMILES string of the molecule is CC(CC(=O)O)NC(=O)CCCNc1ccc([N+](=O)[O-])cc1. The third-order valence-electron chi connectivity index (χ3n) is 2.88. The molecule has 0 fully saturated rings. The minimum absolute atomic E-state index is 0.0253. The van der Waals surface area contributed by atoms with Gasteiger partial charge in [0, 0.05) is 36.8 Å². The van der Waals surface area contributed by atoms with E-state index in [1.54, 1.807) is 19.1 Å². The van der Waals surface area contributed by atoms with Crippen molar-refractivity contribution in [2.75, 3.05) is 11.9 Å². The van der Waals surface area contributed by atoms with Gasteiger partial charge in [0.05, 0.1) is 11.3 Å². The lowest BCUT2D eigenvalue weighted by Crippen LogP contribution is -2.34. The molecule has 1 atom stereocenters. The maximum atomic E-state index is 11.6. The molecule has 0 saturated carbocycles. The molecule has 0 aliphatic rings. The monoisotopic (exact) mass is 309 g/mol. The van der Waals surface area contributed by atoms with Crippen molar-refractivity contribution in [3.05, 3.63) is 34.4 Å². The van der Waals surface area contributed by atoms with E-state index < -0.39 is 16.9 Å². The van der Waals surface area contributed by atoms with Gasteiger partial charge in [0.25, 0.3) is 5.69 Å². The number of non-ortho nitro benzene ring substituents is 1. The van der Waals surface area contributed by atoms with Gasteiger partial charge < -0.3 is 15.7 Å². The average Bonchev–Trinajstić information content (AvgIpc) is 2.43. The molecule has 1 amide bonds. The van der Waals surface area contributed by atoms with Crippen molar-refractivity contribution in [2.45, 2.75) is 32.2 Å². The molecular weight excluding hydrogens is 290 g/mol. The van der Waals surface area contributed by atoms with Crippen LogP contribution in [0.15, 0.2) is 24.3 Å². The zero-order valence-electron chi connectivity index (χ0n) is 12.2. The second-order valence-corrected chi connectivity index (χ2v) is 4.90. The van der Waals surface area contributed by atoms with Gasteiger partial charge in [-0.1, -0.05) is 0 Å². The summed E-state index contributed by atoms with van der Waals surface area (Å²) in [6.07, 6.45) is 0.749. The number of nitro benzene ring substituents is 1. The molecule has 1 aromatic rings. The number of nitrogens with one attached hydrogen (secondary N) is 2. The Morgan fingerprint density at radius 1 is 1.32 bits per heavy atom. The summed E-state index contributed by atoms with van der Waals surface area (Å²) in [6.45, 7) is 2.18. The minimum atomic E-state index is -0.951. The summed E-state index contributed by atoms with van der Waals surface area (Å²) < 4.78 is 0. The van der Waals surface area contributed by atoms with E-state index >= 15 is 0 Å². The lowest BCUT2D eigenvalue weighted by Gasteiger charge is -2.11. The maximum absolute atomic E-state index is 11.6. The molecule has 0 radical (unpaired) electrons. The van der Waals surface area contributed by atoms with Crippen LogP contribution in [0.5, 0.6) is 0 Å². The minimum Gasteiger partial charge on any atom is -0.481 e. The van der Waals surface area contributed by atoms with Crippen LogP contribution >= 0.6 is 0 Å². The number of anilines is 1. The molecule has 0 aromatic heterocycles. The molecule has 22 heavy (non-hydrogen) atoms. The van der Waals surface area contributed by atoms with Gasteiger partial charge in [-0.05, 0) is 25.5 Å². The van der Waals surface area contributed by atoms with E-state index in [1.807, 2.05) is 0 Å². The first-order valence-corrected chi connectivity index (χ1v) is 6.88. The van der Waals surface area contributed by atoms with Crippen LogP contribution in [0.25, 0.3) is 0 Å². The molecule has 8 heteroatoms. The van der Waals surface area contributed by atoms with E-state index in [-0.39, 0.29) is 24.4 Å². The van der Waals surface area contributed by atoms with E-state index in [9.17, 15) is 19.7 Å². The van der Waals surface area contributed by atoms with Gasteiger partial charge in [0.1, 0.15) is 0 Å². The third-order valence-corrected chi connectivity index (χ3v) is 2.88. The zero-order valence-corrected chi connectivity index (χ0v) is 12.2. The number of carboxylic acid groups (broad SMARTS) is 1. The lowest BCUT2D eigenvalue weighted by atomic mass is 10.2. The average molecular weight is 309 g/mol. The fraction of sp³-hybridized carbons (Fsp3) is 0.429. The topological polar surface area (TPSA) is 122 Å². The molecule has 0 bridgehead atoms. The number of hydrogen-bond donors (Lipinski definition) is 3. The Morgan fingerprint density at radius 2 is 1.95 bits per heavy atom. The quantitative estimate of drug-likeness (QED) is 0.363. The first kappa shape index (κ1) is 17.4. The molecule has 120 valence electrons. The number of aliphatic carboxylic acids is 1. The molecule has 1 unspecified atom stereocenters. The van der Waals surface area contributed by atoms with Gasteiger partial charge >= 0.3 is 5.97 Å². The van der Waals surface area contributed by atoms with Crippen LogP contribution in [0.3, 0.4) is 0 Å². The Morgan fingerprint density at radius 3 is 2.50 bits per heavy atom. The smallest absolute Gasteiger partial charge is 0.305 e. The molecule has 0 aliphatic carbocycles. The Balaban J connectivity index is 2.23. The van der Waals surface area contributed by atoms with E-state index in [0.29, 0.717) is 13.0 Å². The van der Waals surface area contributed by atoms with Crippen molar-refractivity contribution in [3.8, 4) is 0 Å². The van der Waals surface area contributed by atoms with Crippen molar-refractivity contribution < 1.29 is 19.6 Å². The highest BCUT2D eigenvalue weighted by atomic mass is 16.6. The number of rotatable bonds is 9. The third kappa shape index (κ3) is 6.69. The molecule has 8 nitrogen and oxygen atoms in total. The van der Waals surface area contributed by atoms with E-state index in [1.165, 1.54) is 12.1 Å². The molecular formula is C14H19N3O5. The van der Waals surface area contributed by atoms with Crippen LogP contribution < -0.4 is 10.6 Å². The highest BCUT2D eigenvalue weighted by Crippen LogP contribution is 2.15. The molecule has 0 heterocycles. The Labute approximate surface area is 127 Å². The number of nitro groups is 1. The number of nitrogens with zero attached hydrogens (tertiary/aromatic N) is 1. The summed E-state index contributed by atoms with van der Waals surface area (Å²) in [5.41, 5.74) is 0.766. The number of amides is 1. The molecule has 1 rings (SSSR count). The Bertz CT molecular complexity index is 530. The van der Waals surface area contributed by atoms with Crippen molar-refractivity contribution >= 4 is 23.3 Å². The summed E-state index contributed by atoms with van der Waals surface area (Å²) >= 11 is 0. The standard InChI is InChI=1S/C14H19N3O5/c1-10(9-14(19)20)16-13(18)3-2-8-15-11-4-6-12(7-5-11)17(21)22/h4-7,10,15H,2-3,8-9H2,1H3,(H,16,18)(H,19,20). The van der Waals surface area contributed by atoms with Crippen molar-refractivity contribution in [2.24, 2.45) is 0 Å². The largest absolute Gasteiger partial charge is 0.481 e. The molecule has 1 aromatic carbocycles. The van der Waals surface area contributed by atoms with Crippen molar-refractivity contribution in [1.29, 1.82) is 0 Å². The highest BCUT2D eigenvalue weighted by molar-refractivity contribution is 5.77. The first-order chi connectivity index (χ1) is 10.4. The van der Waals surface area contributed by atoms with Crippen molar-refractivity contribution in [1.82, 2.24) is 5.32 Å². The number of hydrogen-bond acceptors (Lipinski definition) is 5. The number of carboxylic acids is 1. The molecule has 0 aliphatic heterocycles. The lowest BCUT2D eigenvalue weighted by molar-refractivity contribution is -0.384. The van der Waals surface area contributed by atoms with Crippen LogP contribution in [0.1, 0.15) is 26.2 Å². The predicted molar refractivity (Wildman–Crippen MR) is 80.7 cm³/mol. The summed E-state index contributed by atoms with van der Waals surface area (Å²) in [7, 11) is 0. The van der Waals surface area contributed by atoms with Gasteiger partial charge in [-0.15, -0.1) is 0 Å². The summed E-state index contributed by atoms with van der Waals surface area (Å²) in [5.74, 6) is -1.15. The number of benzene rings is 1.